The highest BCUT2D eigenvalue weighted by atomic mass is 16.1. The fraction of sp³-hybridized carbons (Fsp3) is 0.625. The summed E-state index contributed by atoms with van der Waals surface area (Å²) in [6.07, 6.45) is 7.80. The Labute approximate surface area is 121 Å². The summed E-state index contributed by atoms with van der Waals surface area (Å²) in [5.74, 6) is 0.117. The van der Waals surface area contributed by atoms with Crippen LogP contribution in [-0.2, 0) is 9.59 Å². The van der Waals surface area contributed by atoms with Crippen LogP contribution in [0.15, 0.2) is 23.5 Å². The zero-order chi connectivity index (χ0) is 15.1. The van der Waals surface area contributed by atoms with E-state index in [9.17, 15) is 9.59 Å². The first-order valence-electron chi connectivity index (χ1n) is 7.29. The Morgan fingerprint density at radius 1 is 0.800 bits per heavy atom. The molecule has 4 heteroatoms. The predicted molar refractivity (Wildman–Crippen MR) is 81.2 cm³/mol. The van der Waals surface area contributed by atoms with E-state index in [-0.39, 0.29) is 11.6 Å². The van der Waals surface area contributed by atoms with E-state index in [4.69, 9.17) is 0 Å². The van der Waals surface area contributed by atoms with Crippen molar-refractivity contribution in [3.63, 3.8) is 0 Å². The van der Waals surface area contributed by atoms with Gasteiger partial charge in [0.1, 0.15) is 0 Å². The first-order valence-corrected chi connectivity index (χ1v) is 7.29. The van der Waals surface area contributed by atoms with E-state index in [1.165, 1.54) is 12.8 Å². The van der Waals surface area contributed by atoms with Gasteiger partial charge in [0.2, 0.25) is 0 Å². The van der Waals surface area contributed by atoms with E-state index in [1.807, 2.05) is 13.8 Å². The van der Waals surface area contributed by atoms with Crippen LogP contribution in [0.2, 0.25) is 0 Å². The Balaban J connectivity index is 2.67. The van der Waals surface area contributed by atoms with Crippen molar-refractivity contribution in [1.29, 1.82) is 0 Å². The van der Waals surface area contributed by atoms with Gasteiger partial charge in [0.25, 0.3) is 0 Å². The minimum Gasteiger partial charge on any atom is -0.384 e. The van der Waals surface area contributed by atoms with Crippen LogP contribution in [0.3, 0.4) is 0 Å². The fourth-order valence-electron chi connectivity index (χ4n) is 2.75. The Kier molecular flexibility index (Phi) is 6.49. The number of hydrogen-bond donors (Lipinski definition) is 2. The SMILES string of the molecule is CC(=O)C=C(C)NC1CCCCC1NC(C)=CC(C)=O. The highest BCUT2D eigenvalue weighted by Gasteiger charge is 2.24. The van der Waals surface area contributed by atoms with Gasteiger partial charge < -0.3 is 10.6 Å². The Morgan fingerprint density at radius 3 is 1.45 bits per heavy atom. The van der Waals surface area contributed by atoms with Crippen molar-refractivity contribution in [1.82, 2.24) is 10.6 Å². The summed E-state index contributed by atoms with van der Waals surface area (Å²) in [6.45, 7) is 6.96. The first kappa shape index (κ1) is 16.5. The quantitative estimate of drug-likeness (QED) is 0.733. The van der Waals surface area contributed by atoms with Gasteiger partial charge in [-0.3, -0.25) is 9.59 Å². The van der Waals surface area contributed by atoms with Gasteiger partial charge in [0, 0.05) is 23.5 Å². The number of ketones is 2. The molecule has 0 saturated heterocycles. The van der Waals surface area contributed by atoms with Crippen molar-refractivity contribution >= 4 is 11.6 Å². The van der Waals surface area contributed by atoms with E-state index in [0.29, 0.717) is 12.1 Å². The fourth-order valence-corrected chi connectivity index (χ4v) is 2.75. The number of carbonyl (C=O) groups is 2. The minimum absolute atomic E-state index is 0.0583. The number of allylic oxidation sites excluding steroid dienone is 4. The topological polar surface area (TPSA) is 58.2 Å². The van der Waals surface area contributed by atoms with Crippen LogP contribution in [0.25, 0.3) is 0 Å². The summed E-state index contributed by atoms with van der Waals surface area (Å²) in [4.78, 5) is 22.2. The molecular weight excluding hydrogens is 252 g/mol. The maximum absolute atomic E-state index is 11.1. The average Bonchev–Trinajstić information content (AvgIpc) is 2.29. The summed E-state index contributed by atoms with van der Waals surface area (Å²) in [6, 6.07) is 0.601. The van der Waals surface area contributed by atoms with Gasteiger partial charge in [0.15, 0.2) is 11.6 Å². The monoisotopic (exact) mass is 278 g/mol. The second kappa shape index (κ2) is 7.88. The minimum atomic E-state index is 0.0583. The molecule has 0 aromatic heterocycles. The molecule has 0 aromatic rings. The molecule has 0 amide bonds. The normalized spacial score (nSPS) is 24.2. The zero-order valence-corrected chi connectivity index (χ0v) is 13.0. The molecule has 0 spiro atoms. The molecule has 0 aromatic carbocycles. The van der Waals surface area contributed by atoms with E-state index in [0.717, 1.165) is 24.2 Å². The molecule has 2 atom stereocenters. The summed E-state index contributed by atoms with van der Waals surface area (Å²) < 4.78 is 0. The van der Waals surface area contributed by atoms with Crippen LogP contribution in [0.5, 0.6) is 0 Å². The van der Waals surface area contributed by atoms with Gasteiger partial charge in [-0.2, -0.15) is 0 Å². The number of rotatable bonds is 6. The second-order valence-electron chi connectivity index (χ2n) is 5.66. The van der Waals surface area contributed by atoms with Crippen molar-refractivity contribution < 1.29 is 9.59 Å². The van der Waals surface area contributed by atoms with Crippen molar-refractivity contribution in [2.24, 2.45) is 0 Å². The van der Waals surface area contributed by atoms with Crippen LogP contribution < -0.4 is 10.6 Å². The molecular formula is C16H26N2O2. The molecule has 0 radical (unpaired) electrons. The van der Waals surface area contributed by atoms with Crippen LogP contribution in [-0.4, -0.2) is 23.7 Å². The lowest BCUT2D eigenvalue weighted by Crippen LogP contribution is -2.48. The number of carbonyl (C=O) groups excluding carboxylic acids is 2. The largest absolute Gasteiger partial charge is 0.384 e. The van der Waals surface area contributed by atoms with Crippen molar-refractivity contribution in [2.75, 3.05) is 0 Å². The predicted octanol–water partition coefficient (Wildman–Crippen LogP) is 2.46. The molecule has 0 aliphatic heterocycles. The van der Waals surface area contributed by atoms with Crippen molar-refractivity contribution in [2.45, 2.75) is 65.5 Å². The summed E-state index contributed by atoms with van der Waals surface area (Å²) in [5.41, 5.74) is 1.81. The highest BCUT2D eigenvalue weighted by Crippen LogP contribution is 2.20. The standard InChI is InChI=1S/C16H26N2O2/c1-11(9-13(3)19)17-15-7-5-6-8-16(15)18-12(2)10-14(4)20/h9-10,15-18H,5-8H2,1-4H3. The van der Waals surface area contributed by atoms with Gasteiger partial charge in [-0.1, -0.05) is 12.8 Å². The molecule has 0 bridgehead atoms. The Bertz CT molecular complexity index is 384. The van der Waals surface area contributed by atoms with Crippen LogP contribution >= 0.6 is 0 Å². The van der Waals surface area contributed by atoms with Gasteiger partial charge in [-0.25, -0.2) is 0 Å². The zero-order valence-electron chi connectivity index (χ0n) is 13.0. The molecule has 1 rings (SSSR count). The lowest BCUT2D eigenvalue weighted by Gasteiger charge is -2.34. The maximum Gasteiger partial charge on any atom is 0.154 e. The third-order valence-electron chi connectivity index (χ3n) is 3.43. The maximum atomic E-state index is 11.1. The van der Waals surface area contributed by atoms with Gasteiger partial charge in [-0.15, -0.1) is 0 Å². The first-order chi connectivity index (χ1) is 9.38. The summed E-state index contributed by atoms with van der Waals surface area (Å²) >= 11 is 0. The molecule has 1 aliphatic carbocycles. The smallest absolute Gasteiger partial charge is 0.154 e. The average molecular weight is 278 g/mol. The van der Waals surface area contributed by atoms with Crippen molar-refractivity contribution in [3.8, 4) is 0 Å². The number of hydrogen-bond acceptors (Lipinski definition) is 4. The summed E-state index contributed by atoms with van der Waals surface area (Å²) in [7, 11) is 0. The Morgan fingerprint density at radius 2 is 1.15 bits per heavy atom. The van der Waals surface area contributed by atoms with E-state index < -0.39 is 0 Å². The van der Waals surface area contributed by atoms with E-state index in [2.05, 4.69) is 10.6 Å². The molecule has 0 heterocycles. The third kappa shape index (κ3) is 6.04. The highest BCUT2D eigenvalue weighted by molar-refractivity contribution is 5.88. The number of nitrogens with one attached hydrogen (secondary N) is 2. The van der Waals surface area contributed by atoms with Gasteiger partial charge >= 0.3 is 0 Å². The second-order valence-corrected chi connectivity index (χ2v) is 5.66. The molecule has 112 valence electrons. The molecule has 4 nitrogen and oxygen atoms in total. The molecule has 1 aliphatic rings. The molecule has 20 heavy (non-hydrogen) atoms. The molecule has 1 fully saturated rings. The van der Waals surface area contributed by atoms with Gasteiger partial charge in [-0.05, 0) is 52.7 Å². The van der Waals surface area contributed by atoms with Crippen LogP contribution in [0.1, 0.15) is 53.4 Å². The van der Waals surface area contributed by atoms with Crippen LogP contribution in [0.4, 0.5) is 0 Å². The Hall–Kier alpha value is -1.58. The lowest BCUT2D eigenvalue weighted by atomic mass is 9.90. The van der Waals surface area contributed by atoms with E-state index >= 15 is 0 Å². The molecule has 2 N–H and O–H groups in total. The summed E-state index contributed by atoms with van der Waals surface area (Å²) in [5, 5.41) is 6.85. The molecule has 2 unspecified atom stereocenters. The van der Waals surface area contributed by atoms with Gasteiger partial charge in [0.05, 0.1) is 0 Å². The van der Waals surface area contributed by atoms with Crippen LogP contribution in [0, 0.1) is 0 Å². The lowest BCUT2D eigenvalue weighted by molar-refractivity contribution is -0.113. The third-order valence-corrected chi connectivity index (χ3v) is 3.43. The molecule has 1 saturated carbocycles. The van der Waals surface area contributed by atoms with Crippen molar-refractivity contribution in [3.05, 3.63) is 23.5 Å². The van der Waals surface area contributed by atoms with E-state index in [1.54, 1.807) is 26.0 Å².